The third kappa shape index (κ3) is 3.73. The van der Waals surface area contributed by atoms with E-state index in [2.05, 4.69) is 21.2 Å². The Morgan fingerprint density at radius 2 is 1.90 bits per heavy atom. The molecule has 0 heterocycles. The maximum atomic E-state index is 11.6. The highest BCUT2D eigenvalue weighted by molar-refractivity contribution is 9.10. The molecule has 20 heavy (non-hydrogen) atoms. The van der Waals surface area contributed by atoms with Crippen molar-refractivity contribution < 1.29 is 14.6 Å². The molecule has 5 heteroatoms. The van der Waals surface area contributed by atoms with Crippen LogP contribution in [0, 0.1) is 0 Å². The van der Waals surface area contributed by atoms with E-state index in [0.717, 1.165) is 10.0 Å². The summed E-state index contributed by atoms with van der Waals surface area (Å²) in [4.78, 5) is 11.6. The number of halogens is 1. The minimum Gasteiger partial charge on any atom is -0.444 e. The van der Waals surface area contributed by atoms with Crippen LogP contribution in [0.3, 0.4) is 0 Å². The molecule has 1 amide bonds. The van der Waals surface area contributed by atoms with Crippen molar-refractivity contribution >= 4 is 22.0 Å². The van der Waals surface area contributed by atoms with Crippen LogP contribution in [-0.4, -0.2) is 22.8 Å². The van der Waals surface area contributed by atoms with Crippen molar-refractivity contribution in [2.45, 2.75) is 50.9 Å². The summed E-state index contributed by atoms with van der Waals surface area (Å²) in [5.74, 6) is 0. The summed E-state index contributed by atoms with van der Waals surface area (Å²) < 4.78 is 6.18. The van der Waals surface area contributed by atoms with Gasteiger partial charge in [0.2, 0.25) is 0 Å². The lowest BCUT2D eigenvalue weighted by atomic mass is 9.71. The molecule has 0 saturated heterocycles. The van der Waals surface area contributed by atoms with Crippen LogP contribution in [0.1, 0.15) is 39.2 Å². The SMILES string of the molecule is CC(C)(C)OC(=O)NC1CC(O)(c2ccc(Br)cc2)C1. The summed E-state index contributed by atoms with van der Waals surface area (Å²) in [7, 11) is 0. The highest BCUT2D eigenvalue weighted by atomic mass is 79.9. The molecule has 1 aromatic carbocycles. The van der Waals surface area contributed by atoms with Gasteiger partial charge in [-0.05, 0) is 38.5 Å². The lowest BCUT2D eigenvalue weighted by Crippen LogP contribution is -2.53. The molecule has 0 unspecified atom stereocenters. The van der Waals surface area contributed by atoms with Gasteiger partial charge in [-0.25, -0.2) is 4.79 Å². The van der Waals surface area contributed by atoms with Crippen molar-refractivity contribution in [1.82, 2.24) is 5.32 Å². The molecule has 0 bridgehead atoms. The van der Waals surface area contributed by atoms with E-state index in [9.17, 15) is 9.90 Å². The standard InChI is InChI=1S/C15H20BrNO3/c1-14(2,3)20-13(18)17-12-8-15(19,9-12)10-4-6-11(16)7-5-10/h4-7,12,19H,8-9H2,1-3H3,(H,17,18). The van der Waals surface area contributed by atoms with Gasteiger partial charge in [-0.3, -0.25) is 0 Å². The first kappa shape index (κ1) is 15.3. The predicted molar refractivity (Wildman–Crippen MR) is 80.4 cm³/mol. The number of hydrogen-bond donors (Lipinski definition) is 2. The van der Waals surface area contributed by atoms with E-state index < -0.39 is 17.3 Å². The predicted octanol–water partition coefficient (Wildman–Crippen LogP) is 3.32. The first-order chi connectivity index (χ1) is 9.18. The highest BCUT2D eigenvalue weighted by Gasteiger charge is 2.45. The van der Waals surface area contributed by atoms with E-state index in [4.69, 9.17) is 4.74 Å². The fourth-order valence-electron chi connectivity index (χ4n) is 2.33. The van der Waals surface area contributed by atoms with Gasteiger partial charge in [0, 0.05) is 23.4 Å². The molecular weight excluding hydrogens is 322 g/mol. The summed E-state index contributed by atoms with van der Waals surface area (Å²) in [5, 5.41) is 13.3. The molecule has 1 aliphatic carbocycles. The number of alkyl carbamates (subject to hydrolysis) is 1. The van der Waals surface area contributed by atoms with Gasteiger partial charge >= 0.3 is 6.09 Å². The van der Waals surface area contributed by atoms with Crippen LogP contribution >= 0.6 is 15.9 Å². The Morgan fingerprint density at radius 1 is 1.35 bits per heavy atom. The number of ether oxygens (including phenoxy) is 1. The van der Waals surface area contributed by atoms with E-state index in [0.29, 0.717) is 12.8 Å². The van der Waals surface area contributed by atoms with E-state index in [1.807, 2.05) is 45.0 Å². The number of benzene rings is 1. The van der Waals surface area contributed by atoms with E-state index in [1.165, 1.54) is 0 Å². The third-order valence-corrected chi connectivity index (χ3v) is 3.80. The average Bonchev–Trinajstić information content (AvgIpc) is 2.24. The van der Waals surface area contributed by atoms with Gasteiger partial charge in [-0.15, -0.1) is 0 Å². The quantitative estimate of drug-likeness (QED) is 0.867. The van der Waals surface area contributed by atoms with Crippen molar-refractivity contribution in [3.8, 4) is 0 Å². The van der Waals surface area contributed by atoms with Gasteiger partial charge in [-0.2, -0.15) is 0 Å². The van der Waals surface area contributed by atoms with Crippen molar-refractivity contribution in [2.24, 2.45) is 0 Å². The Labute approximate surface area is 127 Å². The van der Waals surface area contributed by atoms with Gasteiger partial charge in [0.25, 0.3) is 0 Å². The fourth-order valence-corrected chi connectivity index (χ4v) is 2.59. The number of amides is 1. The molecule has 2 N–H and O–H groups in total. The first-order valence-electron chi connectivity index (χ1n) is 6.66. The van der Waals surface area contributed by atoms with Crippen LogP contribution in [0.2, 0.25) is 0 Å². The summed E-state index contributed by atoms with van der Waals surface area (Å²) in [6, 6.07) is 7.56. The van der Waals surface area contributed by atoms with Crippen molar-refractivity contribution in [3.05, 3.63) is 34.3 Å². The highest BCUT2D eigenvalue weighted by Crippen LogP contribution is 2.41. The second-order valence-electron chi connectivity index (χ2n) is 6.29. The number of hydrogen-bond acceptors (Lipinski definition) is 3. The second-order valence-corrected chi connectivity index (χ2v) is 7.21. The topological polar surface area (TPSA) is 58.6 Å². The van der Waals surface area contributed by atoms with Gasteiger partial charge < -0.3 is 15.2 Å². The molecule has 4 nitrogen and oxygen atoms in total. The zero-order valence-corrected chi connectivity index (χ0v) is 13.5. The van der Waals surface area contributed by atoms with Gasteiger partial charge in [0.1, 0.15) is 5.60 Å². The average molecular weight is 342 g/mol. The van der Waals surface area contributed by atoms with Gasteiger partial charge in [0.05, 0.1) is 5.60 Å². The van der Waals surface area contributed by atoms with Crippen LogP contribution in [0.15, 0.2) is 28.7 Å². The number of rotatable bonds is 2. The molecule has 0 aliphatic heterocycles. The fraction of sp³-hybridized carbons (Fsp3) is 0.533. The van der Waals surface area contributed by atoms with Crippen LogP contribution < -0.4 is 5.32 Å². The second kappa shape index (κ2) is 5.37. The molecule has 1 saturated carbocycles. The third-order valence-electron chi connectivity index (χ3n) is 3.27. The summed E-state index contributed by atoms with van der Waals surface area (Å²) >= 11 is 3.37. The molecular formula is C15H20BrNO3. The van der Waals surface area contributed by atoms with E-state index in [1.54, 1.807) is 0 Å². The summed E-state index contributed by atoms with van der Waals surface area (Å²) in [5.41, 5.74) is -0.473. The first-order valence-corrected chi connectivity index (χ1v) is 7.45. The summed E-state index contributed by atoms with van der Waals surface area (Å²) in [6.45, 7) is 5.47. The lowest BCUT2D eigenvalue weighted by Gasteiger charge is -2.44. The molecule has 2 rings (SSSR count). The maximum absolute atomic E-state index is 11.6. The van der Waals surface area contributed by atoms with Crippen molar-refractivity contribution in [2.75, 3.05) is 0 Å². The molecule has 1 aliphatic rings. The Balaban J connectivity index is 1.87. The van der Waals surface area contributed by atoms with Crippen molar-refractivity contribution in [3.63, 3.8) is 0 Å². The Hall–Kier alpha value is -1.07. The zero-order valence-electron chi connectivity index (χ0n) is 11.9. The molecule has 0 radical (unpaired) electrons. The number of nitrogens with one attached hydrogen (secondary N) is 1. The molecule has 110 valence electrons. The Kier molecular flexibility index (Phi) is 4.12. The van der Waals surface area contributed by atoms with E-state index in [-0.39, 0.29) is 6.04 Å². The lowest BCUT2D eigenvalue weighted by molar-refractivity contribution is -0.0627. The van der Waals surface area contributed by atoms with Crippen LogP contribution in [0.25, 0.3) is 0 Å². The number of carbonyl (C=O) groups is 1. The molecule has 1 fully saturated rings. The normalized spacial score (nSPS) is 25.8. The zero-order chi connectivity index (χ0) is 15.0. The minimum atomic E-state index is -0.847. The minimum absolute atomic E-state index is 0.0431. The molecule has 0 spiro atoms. The van der Waals surface area contributed by atoms with E-state index >= 15 is 0 Å². The van der Waals surface area contributed by atoms with Crippen LogP contribution in [0.5, 0.6) is 0 Å². The van der Waals surface area contributed by atoms with Gasteiger partial charge in [0.15, 0.2) is 0 Å². The summed E-state index contributed by atoms with van der Waals surface area (Å²) in [6.07, 6.45) is 0.585. The molecule has 0 aromatic heterocycles. The number of aliphatic hydroxyl groups is 1. The smallest absolute Gasteiger partial charge is 0.407 e. The Bertz CT molecular complexity index is 487. The van der Waals surface area contributed by atoms with Crippen LogP contribution in [0.4, 0.5) is 4.79 Å². The molecule has 0 atom stereocenters. The maximum Gasteiger partial charge on any atom is 0.407 e. The molecule has 1 aromatic rings. The van der Waals surface area contributed by atoms with Crippen LogP contribution in [-0.2, 0) is 10.3 Å². The largest absolute Gasteiger partial charge is 0.444 e. The van der Waals surface area contributed by atoms with Gasteiger partial charge in [-0.1, -0.05) is 28.1 Å². The van der Waals surface area contributed by atoms with Crippen molar-refractivity contribution in [1.29, 1.82) is 0 Å². The monoisotopic (exact) mass is 341 g/mol. The number of carbonyl (C=O) groups excluding carboxylic acids is 1. The Morgan fingerprint density at radius 3 is 2.40 bits per heavy atom.